The summed E-state index contributed by atoms with van der Waals surface area (Å²) in [6.07, 6.45) is 1.49. The molecule has 1 amide bonds. The molecule has 0 aliphatic rings. The van der Waals surface area contributed by atoms with Crippen LogP contribution in [-0.2, 0) is 4.79 Å². The maximum Gasteiger partial charge on any atom is 0.328 e. The number of likely N-dealkylation sites (N-methyl/N-ethyl adjacent to an activating group) is 1. The second kappa shape index (κ2) is 5.69. The summed E-state index contributed by atoms with van der Waals surface area (Å²) in [6, 6.07) is 3.25. The highest BCUT2D eigenvalue weighted by Crippen LogP contribution is 2.22. The van der Waals surface area contributed by atoms with Crippen molar-refractivity contribution in [1.82, 2.24) is 10.3 Å². The third kappa shape index (κ3) is 3.21. The van der Waals surface area contributed by atoms with Gasteiger partial charge in [0.05, 0.1) is 0 Å². The summed E-state index contributed by atoms with van der Waals surface area (Å²) >= 11 is 0. The van der Waals surface area contributed by atoms with Gasteiger partial charge >= 0.3 is 5.97 Å². The Morgan fingerprint density at radius 3 is 2.63 bits per heavy atom. The van der Waals surface area contributed by atoms with E-state index in [9.17, 15) is 14.7 Å². The molecule has 2 N–H and O–H groups in total. The van der Waals surface area contributed by atoms with E-state index in [2.05, 4.69) is 10.3 Å². The van der Waals surface area contributed by atoms with Gasteiger partial charge in [-0.25, -0.2) is 4.79 Å². The van der Waals surface area contributed by atoms with E-state index in [1.807, 2.05) is 6.92 Å². The minimum Gasteiger partial charge on any atom is -0.480 e. The fourth-order valence-corrected chi connectivity index (χ4v) is 1.47. The lowest BCUT2D eigenvalue weighted by atomic mass is 10.0. The van der Waals surface area contributed by atoms with Crippen molar-refractivity contribution in [3.8, 4) is 0 Å². The number of carboxylic acids is 1. The highest BCUT2D eigenvalue weighted by atomic mass is 16.4. The number of carbonyl (C=O) groups excluding carboxylic acids is 1. The first-order chi connectivity index (χ1) is 8.80. The van der Waals surface area contributed by atoms with E-state index in [1.54, 1.807) is 37.9 Å². The summed E-state index contributed by atoms with van der Waals surface area (Å²) in [5.74, 6) is -1.21. The molecule has 19 heavy (non-hydrogen) atoms. The number of aliphatic carboxylic acids is 1. The van der Waals surface area contributed by atoms with Crippen LogP contribution in [0.15, 0.2) is 18.3 Å². The van der Waals surface area contributed by atoms with Gasteiger partial charge in [0.25, 0.3) is 5.91 Å². The van der Waals surface area contributed by atoms with E-state index < -0.39 is 11.5 Å². The molecule has 0 aromatic carbocycles. The summed E-state index contributed by atoms with van der Waals surface area (Å²) in [5.41, 5.74) is -0.170. The van der Waals surface area contributed by atoms with Crippen molar-refractivity contribution in [3.63, 3.8) is 0 Å². The Hall–Kier alpha value is -2.11. The Morgan fingerprint density at radius 1 is 1.47 bits per heavy atom. The maximum atomic E-state index is 11.7. The SMILES string of the molecule is CCNC(=O)c1cc(N(C)C(C)(C)C(=O)O)ccn1. The Bertz CT molecular complexity index is 486. The molecule has 6 heteroatoms. The molecule has 0 saturated carbocycles. The summed E-state index contributed by atoms with van der Waals surface area (Å²) in [5, 5.41) is 11.9. The Balaban J connectivity index is 3.06. The number of hydrogen-bond acceptors (Lipinski definition) is 4. The van der Waals surface area contributed by atoms with Gasteiger partial charge in [0, 0.05) is 25.5 Å². The van der Waals surface area contributed by atoms with E-state index in [1.165, 1.54) is 6.20 Å². The van der Waals surface area contributed by atoms with Gasteiger partial charge in [-0.05, 0) is 32.9 Å². The number of nitrogens with one attached hydrogen (secondary N) is 1. The lowest BCUT2D eigenvalue weighted by Crippen LogP contribution is -2.48. The monoisotopic (exact) mass is 265 g/mol. The fraction of sp³-hybridized carbons (Fsp3) is 0.462. The van der Waals surface area contributed by atoms with Crippen LogP contribution in [0.5, 0.6) is 0 Å². The third-order valence-corrected chi connectivity index (χ3v) is 3.06. The molecular formula is C13H19N3O3. The molecule has 6 nitrogen and oxygen atoms in total. The summed E-state index contributed by atoms with van der Waals surface area (Å²) in [7, 11) is 1.67. The molecule has 0 fully saturated rings. The van der Waals surface area contributed by atoms with Crippen LogP contribution in [0, 0.1) is 0 Å². The summed E-state index contributed by atoms with van der Waals surface area (Å²) in [4.78, 5) is 28.5. The second-order valence-corrected chi connectivity index (χ2v) is 4.68. The zero-order chi connectivity index (χ0) is 14.6. The molecule has 0 unspecified atom stereocenters. The average Bonchev–Trinajstić information content (AvgIpc) is 2.38. The number of hydrogen-bond donors (Lipinski definition) is 2. The topological polar surface area (TPSA) is 82.5 Å². The Morgan fingerprint density at radius 2 is 2.11 bits per heavy atom. The van der Waals surface area contributed by atoms with Crippen LogP contribution in [0.25, 0.3) is 0 Å². The molecule has 1 heterocycles. The lowest BCUT2D eigenvalue weighted by molar-refractivity contribution is -0.142. The number of rotatable bonds is 5. The minimum absolute atomic E-state index is 0.271. The first-order valence-corrected chi connectivity index (χ1v) is 6.02. The van der Waals surface area contributed by atoms with Crippen LogP contribution < -0.4 is 10.2 Å². The Kier molecular flexibility index (Phi) is 4.47. The van der Waals surface area contributed by atoms with Crippen molar-refractivity contribution in [2.45, 2.75) is 26.3 Å². The van der Waals surface area contributed by atoms with Crippen LogP contribution in [0.2, 0.25) is 0 Å². The summed E-state index contributed by atoms with van der Waals surface area (Å²) in [6.45, 7) is 5.53. The lowest BCUT2D eigenvalue weighted by Gasteiger charge is -2.33. The van der Waals surface area contributed by atoms with Gasteiger partial charge in [0.1, 0.15) is 11.2 Å². The molecule has 0 aliphatic carbocycles. The second-order valence-electron chi connectivity index (χ2n) is 4.68. The Labute approximate surface area is 112 Å². The molecule has 1 rings (SSSR count). The minimum atomic E-state index is -1.07. The third-order valence-electron chi connectivity index (χ3n) is 3.06. The number of pyridine rings is 1. The van der Waals surface area contributed by atoms with Crippen LogP contribution in [0.1, 0.15) is 31.3 Å². The van der Waals surface area contributed by atoms with Crippen LogP contribution in [0.4, 0.5) is 5.69 Å². The number of aromatic nitrogens is 1. The van der Waals surface area contributed by atoms with Gasteiger partial charge in [-0.1, -0.05) is 0 Å². The van der Waals surface area contributed by atoms with E-state index >= 15 is 0 Å². The first kappa shape index (κ1) is 14.9. The zero-order valence-corrected chi connectivity index (χ0v) is 11.6. The molecule has 0 bridgehead atoms. The maximum absolute atomic E-state index is 11.7. The van der Waals surface area contributed by atoms with E-state index in [4.69, 9.17) is 0 Å². The molecule has 104 valence electrons. The standard InChI is InChI=1S/C13H19N3O3/c1-5-14-11(17)10-8-9(6-7-15-10)16(4)13(2,3)12(18)19/h6-8H,5H2,1-4H3,(H,14,17)(H,18,19). The molecular weight excluding hydrogens is 246 g/mol. The van der Waals surface area contributed by atoms with Crippen molar-refractivity contribution >= 4 is 17.6 Å². The normalized spacial score (nSPS) is 10.9. The smallest absolute Gasteiger partial charge is 0.328 e. The number of amides is 1. The zero-order valence-electron chi connectivity index (χ0n) is 11.6. The quantitative estimate of drug-likeness (QED) is 0.834. The van der Waals surface area contributed by atoms with Gasteiger partial charge in [-0.2, -0.15) is 0 Å². The predicted octanol–water partition coefficient (Wildman–Crippen LogP) is 1.13. The van der Waals surface area contributed by atoms with E-state index in [-0.39, 0.29) is 11.6 Å². The highest BCUT2D eigenvalue weighted by molar-refractivity contribution is 5.93. The largest absolute Gasteiger partial charge is 0.480 e. The van der Waals surface area contributed by atoms with Crippen molar-refractivity contribution in [1.29, 1.82) is 0 Å². The molecule has 1 aromatic rings. The molecule has 0 spiro atoms. The van der Waals surface area contributed by atoms with Gasteiger partial charge in [0.15, 0.2) is 0 Å². The van der Waals surface area contributed by atoms with Gasteiger partial charge in [-0.3, -0.25) is 9.78 Å². The van der Waals surface area contributed by atoms with Crippen LogP contribution >= 0.6 is 0 Å². The van der Waals surface area contributed by atoms with Crippen molar-refractivity contribution < 1.29 is 14.7 Å². The van der Waals surface area contributed by atoms with Crippen molar-refractivity contribution in [3.05, 3.63) is 24.0 Å². The summed E-state index contributed by atoms with van der Waals surface area (Å²) < 4.78 is 0. The molecule has 0 aliphatic heterocycles. The van der Waals surface area contributed by atoms with Crippen LogP contribution in [0.3, 0.4) is 0 Å². The van der Waals surface area contributed by atoms with Gasteiger partial charge in [0.2, 0.25) is 0 Å². The molecule has 0 atom stereocenters. The van der Waals surface area contributed by atoms with Crippen LogP contribution in [-0.4, -0.2) is 41.1 Å². The van der Waals surface area contributed by atoms with Crippen molar-refractivity contribution in [2.24, 2.45) is 0 Å². The van der Waals surface area contributed by atoms with E-state index in [0.717, 1.165) is 0 Å². The van der Waals surface area contributed by atoms with Crippen molar-refractivity contribution in [2.75, 3.05) is 18.5 Å². The predicted molar refractivity (Wildman–Crippen MR) is 72.4 cm³/mol. The van der Waals surface area contributed by atoms with Gasteiger partial charge in [-0.15, -0.1) is 0 Å². The number of nitrogens with zero attached hydrogens (tertiary/aromatic N) is 2. The highest BCUT2D eigenvalue weighted by Gasteiger charge is 2.32. The fourth-order valence-electron chi connectivity index (χ4n) is 1.47. The van der Waals surface area contributed by atoms with E-state index in [0.29, 0.717) is 12.2 Å². The molecule has 0 saturated heterocycles. The van der Waals surface area contributed by atoms with Gasteiger partial charge < -0.3 is 15.3 Å². The molecule has 0 radical (unpaired) electrons. The number of carboxylic acid groups (broad SMARTS) is 1. The molecule has 1 aromatic heterocycles. The first-order valence-electron chi connectivity index (χ1n) is 6.02. The number of carbonyl (C=O) groups is 2. The number of anilines is 1. The average molecular weight is 265 g/mol.